The SMILES string of the molecule is CC1(c2cc(F)ccc2F)NC(=O)N(CCOc2ccc(Cl)cc2Cl)C1=O. The van der Waals surface area contributed by atoms with Gasteiger partial charge in [0.2, 0.25) is 0 Å². The quantitative estimate of drug-likeness (QED) is 0.748. The molecule has 0 aliphatic carbocycles. The van der Waals surface area contributed by atoms with E-state index in [1.54, 1.807) is 12.1 Å². The van der Waals surface area contributed by atoms with Crippen molar-refractivity contribution in [3.05, 3.63) is 63.6 Å². The predicted molar refractivity (Wildman–Crippen MR) is 95.9 cm³/mol. The zero-order valence-corrected chi connectivity index (χ0v) is 15.6. The first-order valence-corrected chi connectivity index (χ1v) is 8.65. The van der Waals surface area contributed by atoms with Gasteiger partial charge in [-0.25, -0.2) is 13.6 Å². The maximum Gasteiger partial charge on any atom is 0.325 e. The molecule has 3 rings (SSSR count). The summed E-state index contributed by atoms with van der Waals surface area (Å²) in [4.78, 5) is 25.8. The van der Waals surface area contributed by atoms with Gasteiger partial charge in [0.25, 0.3) is 5.91 Å². The Labute approximate surface area is 163 Å². The molecule has 1 saturated heterocycles. The van der Waals surface area contributed by atoms with Crippen molar-refractivity contribution in [3.8, 4) is 5.75 Å². The normalized spacial score (nSPS) is 19.4. The number of amides is 3. The van der Waals surface area contributed by atoms with Crippen LogP contribution in [0.2, 0.25) is 10.0 Å². The molecule has 1 unspecified atom stereocenters. The van der Waals surface area contributed by atoms with E-state index < -0.39 is 29.1 Å². The fraction of sp³-hybridized carbons (Fsp3) is 0.222. The van der Waals surface area contributed by atoms with Crippen LogP contribution in [0.15, 0.2) is 36.4 Å². The van der Waals surface area contributed by atoms with Crippen LogP contribution in [-0.2, 0) is 10.3 Å². The number of benzene rings is 2. The van der Waals surface area contributed by atoms with Crippen LogP contribution in [-0.4, -0.2) is 30.0 Å². The van der Waals surface area contributed by atoms with E-state index >= 15 is 0 Å². The Morgan fingerprint density at radius 1 is 1.15 bits per heavy atom. The van der Waals surface area contributed by atoms with Crippen LogP contribution in [0.1, 0.15) is 12.5 Å². The lowest BCUT2D eigenvalue weighted by atomic mass is 9.91. The van der Waals surface area contributed by atoms with Crippen molar-refractivity contribution < 1.29 is 23.1 Å². The van der Waals surface area contributed by atoms with E-state index in [0.29, 0.717) is 10.8 Å². The van der Waals surface area contributed by atoms with E-state index in [-0.39, 0.29) is 23.7 Å². The highest BCUT2D eigenvalue weighted by Gasteiger charge is 2.50. The zero-order chi connectivity index (χ0) is 19.8. The molecule has 1 fully saturated rings. The molecule has 0 saturated carbocycles. The van der Waals surface area contributed by atoms with Crippen LogP contribution < -0.4 is 10.1 Å². The summed E-state index contributed by atoms with van der Waals surface area (Å²) in [5, 5.41) is 3.14. The molecule has 2 aromatic carbocycles. The van der Waals surface area contributed by atoms with Crippen LogP contribution in [0.4, 0.5) is 13.6 Å². The Bertz CT molecular complexity index is 925. The van der Waals surface area contributed by atoms with Gasteiger partial charge in [0.15, 0.2) is 0 Å². The van der Waals surface area contributed by atoms with Crippen molar-refractivity contribution in [2.24, 2.45) is 0 Å². The van der Waals surface area contributed by atoms with Gasteiger partial charge in [-0.1, -0.05) is 23.2 Å². The summed E-state index contributed by atoms with van der Waals surface area (Å²) in [6, 6.07) is 6.64. The number of carbonyl (C=O) groups is 2. The summed E-state index contributed by atoms with van der Waals surface area (Å²) >= 11 is 11.8. The Kier molecular flexibility index (Phi) is 5.26. The molecule has 1 N–H and O–H groups in total. The molecule has 1 heterocycles. The number of rotatable bonds is 5. The number of imide groups is 1. The second-order valence-corrected chi connectivity index (χ2v) is 6.90. The number of carbonyl (C=O) groups excluding carboxylic acids is 2. The van der Waals surface area contributed by atoms with Crippen molar-refractivity contribution in [1.82, 2.24) is 10.2 Å². The lowest BCUT2D eigenvalue weighted by molar-refractivity contribution is -0.131. The third-order valence-corrected chi connectivity index (χ3v) is 4.74. The molecular weight excluding hydrogens is 401 g/mol. The molecule has 0 spiro atoms. The van der Waals surface area contributed by atoms with Gasteiger partial charge in [0, 0.05) is 10.6 Å². The van der Waals surface area contributed by atoms with Gasteiger partial charge < -0.3 is 10.1 Å². The highest BCUT2D eigenvalue weighted by molar-refractivity contribution is 6.35. The van der Waals surface area contributed by atoms with E-state index in [4.69, 9.17) is 27.9 Å². The zero-order valence-electron chi connectivity index (χ0n) is 14.1. The van der Waals surface area contributed by atoms with E-state index in [1.807, 2.05) is 0 Å². The molecule has 5 nitrogen and oxygen atoms in total. The van der Waals surface area contributed by atoms with Gasteiger partial charge in [0.1, 0.15) is 29.5 Å². The number of nitrogens with one attached hydrogen (secondary N) is 1. The van der Waals surface area contributed by atoms with Crippen molar-refractivity contribution >= 4 is 35.1 Å². The third-order valence-electron chi connectivity index (χ3n) is 4.21. The molecule has 27 heavy (non-hydrogen) atoms. The van der Waals surface area contributed by atoms with Crippen LogP contribution in [0.5, 0.6) is 5.75 Å². The number of nitrogens with zero attached hydrogens (tertiary/aromatic N) is 1. The van der Waals surface area contributed by atoms with Gasteiger partial charge in [-0.05, 0) is 43.3 Å². The summed E-state index contributed by atoms with van der Waals surface area (Å²) in [5.74, 6) is -1.87. The number of ether oxygens (including phenoxy) is 1. The number of hydrogen-bond acceptors (Lipinski definition) is 3. The number of urea groups is 1. The third kappa shape index (κ3) is 3.70. The molecule has 0 radical (unpaired) electrons. The Morgan fingerprint density at radius 2 is 1.89 bits per heavy atom. The van der Waals surface area contributed by atoms with Gasteiger partial charge in [0.05, 0.1) is 11.6 Å². The predicted octanol–water partition coefficient (Wildman–Crippen LogP) is 4.12. The molecule has 1 aliphatic heterocycles. The molecule has 1 aliphatic rings. The number of halogens is 4. The molecule has 1 atom stereocenters. The maximum absolute atomic E-state index is 14.1. The fourth-order valence-corrected chi connectivity index (χ4v) is 3.27. The molecule has 2 aromatic rings. The molecule has 9 heteroatoms. The minimum atomic E-state index is -1.71. The minimum absolute atomic E-state index is 0.0395. The van der Waals surface area contributed by atoms with E-state index in [1.165, 1.54) is 13.0 Å². The first-order chi connectivity index (χ1) is 12.7. The summed E-state index contributed by atoms with van der Waals surface area (Å²) in [5.41, 5.74) is -1.95. The summed E-state index contributed by atoms with van der Waals surface area (Å²) in [7, 11) is 0. The van der Waals surface area contributed by atoms with Crippen molar-refractivity contribution in [1.29, 1.82) is 0 Å². The fourth-order valence-electron chi connectivity index (χ4n) is 2.80. The van der Waals surface area contributed by atoms with Crippen LogP contribution in [0, 0.1) is 11.6 Å². The summed E-state index contributed by atoms with van der Waals surface area (Å²) in [6.07, 6.45) is 0. The van der Waals surface area contributed by atoms with Crippen LogP contribution in [0.3, 0.4) is 0 Å². The Morgan fingerprint density at radius 3 is 2.59 bits per heavy atom. The summed E-state index contributed by atoms with van der Waals surface area (Å²) in [6.45, 7) is 1.18. The minimum Gasteiger partial charge on any atom is -0.490 e. The first kappa shape index (κ1) is 19.4. The van der Waals surface area contributed by atoms with Gasteiger partial charge >= 0.3 is 6.03 Å². The molecule has 3 amide bonds. The van der Waals surface area contributed by atoms with Gasteiger partial charge in [-0.15, -0.1) is 0 Å². The lowest BCUT2D eigenvalue weighted by Gasteiger charge is -2.23. The highest BCUT2D eigenvalue weighted by Crippen LogP contribution is 2.31. The molecular formula is C18H14Cl2F2N2O3. The van der Waals surface area contributed by atoms with Crippen LogP contribution in [0.25, 0.3) is 0 Å². The number of hydrogen-bond donors (Lipinski definition) is 1. The first-order valence-electron chi connectivity index (χ1n) is 7.90. The summed E-state index contributed by atoms with van der Waals surface area (Å²) < 4.78 is 33.1. The highest BCUT2D eigenvalue weighted by atomic mass is 35.5. The monoisotopic (exact) mass is 414 g/mol. The van der Waals surface area contributed by atoms with E-state index in [0.717, 1.165) is 23.1 Å². The maximum atomic E-state index is 14.1. The van der Waals surface area contributed by atoms with Gasteiger partial charge in [-0.3, -0.25) is 9.69 Å². The van der Waals surface area contributed by atoms with E-state index in [9.17, 15) is 18.4 Å². The Balaban J connectivity index is 1.73. The smallest absolute Gasteiger partial charge is 0.325 e. The van der Waals surface area contributed by atoms with Crippen molar-refractivity contribution in [2.75, 3.05) is 13.2 Å². The molecule has 0 aromatic heterocycles. The lowest BCUT2D eigenvalue weighted by Crippen LogP contribution is -2.42. The second-order valence-electron chi connectivity index (χ2n) is 6.06. The average Bonchev–Trinajstić information content (AvgIpc) is 2.82. The average molecular weight is 415 g/mol. The molecule has 0 bridgehead atoms. The Hall–Kier alpha value is -2.38. The van der Waals surface area contributed by atoms with Crippen molar-refractivity contribution in [3.63, 3.8) is 0 Å². The van der Waals surface area contributed by atoms with Crippen molar-refractivity contribution in [2.45, 2.75) is 12.5 Å². The second kappa shape index (κ2) is 7.32. The largest absolute Gasteiger partial charge is 0.490 e. The molecule has 142 valence electrons. The standard InChI is InChI=1S/C18H14Cl2F2N2O3/c1-18(12-9-11(21)3-4-14(12)22)16(25)24(17(26)23-18)6-7-27-15-5-2-10(19)8-13(15)20/h2-5,8-9H,6-7H2,1H3,(H,23,26). The topological polar surface area (TPSA) is 58.6 Å². The van der Waals surface area contributed by atoms with E-state index in [2.05, 4.69) is 5.32 Å². The van der Waals surface area contributed by atoms with Gasteiger partial charge in [-0.2, -0.15) is 0 Å². The van der Waals surface area contributed by atoms with Crippen LogP contribution >= 0.6 is 23.2 Å².